The van der Waals surface area contributed by atoms with Crippen molar-refractivity contribution >= 4 is 34.2 Å². The van der Waals surface area contributed by atoms with Crippen LogP contribution in [0.15, 0.2) is 65.3 Å². The Labute approximate surface area is 195 Å². The Morgan fingerprint density at radius 3 is 2.71 bits per heavy atom. The Kier molecular flexibility index (Phi) is 5.64. The van der Waals surface area contributed by atoms with E-state index in [0.717, 1.165) is 0 Å². The van der Waals surface area contributed by atoms with Crippen molar-refractivity contribution in [1.29, 1.82) is 0 Å². The predicted molar refractivity (Wildman–Crippen MR) is 119 cm³/mol. The maximum Gasteiger partial charge on any atom is 0.259 e. The molecule has 0 saturated heterocycles. The summed E-state index contributed by atoms with van der Waals surface area (Å²) < 4.78 is 39.2. The lowest BCUT2D eigenvalue weighted by Crippen LogP contribution is -2.11. The van der Waals surface area contributed by atoms with Crippen LogP contribution < -0.4 is 10.1 Å². The minimum absolute atomic E-state index is 0.0137. The number of tetrazole rings is 1. The van der Waals surface area contributed by atoms with E-state index in [2.05, 4.69) is 25.9 Å². The lowest BCUT2D eigenvalue weighted by Gasteiger charge is -2.09. The SMILES string of the molecule is O=C(Nc1ccc(OCc2cccc(F)c2Cl)cc1)c1coc2cc(-c3nnn[nH]3)c(F)cc12. The zero-order chi connectivity index (χ0) is 23.7. The van der Waals surface area contributed by atoms with Crippen molar-refractivity contribution in [3.8, 4) is 17.1 Å². The van der Waals surface area contributed by atoms with Crippen molar-refractivity contribution in [1.82, 2.24) is 20.6 Å². The first-order chi connectivity index (χ1) is 16.5. The molecular weight excluding hydrogens is 468 g/mol. The van der Waals surface area contributed by atoms with Crippen LogP contribution in [-0.4, -0.2) is 26.5 Å². The molecule has 2 aromatic heterocycles. The number of anilines is 1. The predicted octanol–water partition coefficient (Wildman–Crippen LogP) is 5.38. The van der Waals surface area contributed by atoms with E-state index >= 15 is 0 Å². The summed E-state index contributed by atoms with van der Waals surface area (Å²) in [7, 11) is 0. The molecule has 2 heterocycles. The minimum Gasteiger partial charge on any atom is -0.489 e. The zero-order valence-corrected chi connectivity index (χ0v) is 17.9. The maximum atomic E-state index is 14.6. The molecule has 0 atom stereocenters. The molecule has 0 saturated carbocycles. The van der Waals surface area contributed by atoms with Gasteiger partial charge in [0.1, 0.15) is 35.8 Å². The molecule has 34 heavy (non-hydrogen) atoms. The number of H-pyrrole nitrogens is 1. The fourth-order valence-electron chi connectivity index (χ4n) is 3.33. The van der Waals surface area contributed by atoms with Gasteiger partial charge in [0.05, 0.1) is 16.1 Å². The lowest BCUT2D eigenvalue weighted by atomic mass is 10.1. The van der Waals surface area contributed by atoms with Gasteiger partial charge in [0, 0.05) is 16.6 Å². The highest BCUT2D eigenvalue weighted by molar-refractivity contribution is 6.31. The van der Waals surface area contributed by atoms with Gasteiger partial charge in [-0.2, -0.15) is 0 Å². The molecule has 3 aromatic carbocycles. The summed E-state index contributed by atoms with van der Waals surface area (Å²) in [4.78, 5) is 12.8. The summed E-state index contributed by atoms with van der Waals surface area (Å²) in [6.45, 7) is 0.0843. The second-order valence-corrected chi connectivity index (χ2v) is 7.59. The second kappa shape index (κ2) is 8.91. The molecule has 5 rings (SSSR count). The third-order valence-corrected chi connectivity index (χ3v) is 5.47. The normalized spacial score (nSPS) is 11.0. The number of nitrogens with one attached hydrogen (secondary N) is 2. The number of rotatable bonds is 6. The Hall–Kier alpha value is -4.31. The summed E-state index contributed by atoms with van der Waals surface area (Å²) in [6, 6.07) is 13.7. The molecule has 0 aliphatic carbocycles. The van der Waals surface area contributed by atoms with E-state index in [1.54, 1.807) is 36.4 Å². The number of ether oxygens (including phenoxy) is 1. The van der Waals surface area contributed by atoms with Gasteiger partial charge in [-0.1, -0.05) is 23.7 Å². The standard InChI is InChI=1S/C23H14ClF2N5O3/c24-21-12(2-1-3-18(21)25)10-33-14-6-4-13(5-7-14)27-23(32)17-11-34-20-9-16(19(26)8-15(17)20)22-28-30-31-29-22/h1-9,11H,10H2,(H,27,32)(H,28,29,30,31). The van der Waals surface area contributed by atoms with Crippen LogP contribution in [0.2, 0.25) is 5.02 Å². The summed E-state index contributed by atoms with van der Waals surface area (Å²) in [5, 5.41) is 16.1. The third kappa shape index (κ3) is 4.18. The first-order valence-corrected chi connectivity index (χ1v) is 10.3. The van der Waals surface area contributed by atoms with E-state index in [1.807, 2.05) is 0 Å². The monoisotopic (exact) mass is 481 g/mol. The molecule has 0 aliphatic heterocycles. The number of aromatic amines is 1. The maximum absolute atomic E-state index is 14.6. The largest absolute Gasteiger partial charge is 0.489 e. The van der Waals surface area contributed by atoms with Gasteiger partial charge in [0.25, 0.3) is 5.91 Å². The molecule has 2 N–H and O–H groups in total. The van der Waals surface area contributed by atoms with Crippen LogP contribution in [0.1, 0.15) is 15.9 Å². The van der Waals surface area contributed by atoms with Crippen molar-refractivity contribution in [3.63, 3.8) is 0 Å². The number of nitrogens with zero attached hydrogens (tertiary/aromatic N) is 3. The molecule has 0 spiro atoms. The Morgan fingerprint density at radius 1 is 1.12 bits per heavy atom. The Balaban J connectivity index is 1.29. The number of carbonyl (C=O) groups is 1. The summed E-state index contributed by atoms with van der Waals surface area (Å²) in [6.07, 6.45) is 1.25. The van der Waals surface area contributed by atoms with E-state index in [4.69, 9.17) is 20.8 Å². The van der Waals surface area contributed by atoms with E-state index in [1.165, 1.54) is 24.5 Å². The smallest absolute Gasteiger partial charge is 0.259 e. The van der Waals surface area contributed by atoms with Gasteiger partial charge in [-0.05, 0) is 52.9 Å². The van der Waals surface area contributed by atoms with E-state index in [-0.39, 0.29) is 28.6 Å². The highest BCUT2D eigenvalue weighted by Gasteiger charge is 2.19. The van der Waals surface area contributed by atoms with Crippen molar-refractivity contribution in [2.75, 3.05) is 5.32 Å². The van der Waals surface area contributed by atoms with Crippen molar-refractivity contribution in [2.45, 2.75) is 6.61 Å². The second-order valence-electron chi connectivity index (χ2n) is 7.21. The van der Waals surface area contributed by atoms with E-state index in [9.17, 15) is 13.6 Å². The van der Waals surface area contributed by atoms with Crippen molar-refractivity contribution in [3.05, 3.63) is 88.6 Å². The average Bonchev–Trinajstić information content (AvgIpc) is 3.50. The average molecular weight is 482 g/mol. The fraction of sp³-hybridized carbons (Fsp3) is 0.0435. The van der Waals surface area contributed by atoms with E-state index < -0.39 is 17.5 Å². The fourth-order valence-corrected chi connectivity index (χ4v) is 3.51. The van der Waals surface area contributed by atoms with Gasteiger partial charge >= 0.3 is 0 Å². The molecule has 11 heteroatoms. The summed E-state index contributed by atoms with van der Waals surface area (Å²) in [5.41, 5.74) is 1.59. The van der Waals surface area contributed by atoms with Gasteiger partial charge in [0.15, 0.2) is 5.82 Å². The van der Waals surface area contributed by atoms with Crippen LogP contribution in [0, 0.1) is 11.6 Å². The lowest BCUT2D eigenvalue weighted by molar-refractivity contribution is 0.102. The molecule has 0 unspecified atom stereocenters. The minimum atomic E-state index is -0.610. The molecule has 5 aromatic rings. The van der Waals surface area contributed by atoms with Gasteiger partial charge < -0.3 is 14.5 Å². The van der Waals surface area contributed by atoms with Crippen molar-refractivity contribution < 1.29 is 22.7 Å². The number of fused-ring (bicyclic) bond motifs is 1. The van der Waals surface area contributed by atoms with Crippen LogP contribution in [0.5, 0.6) is 5.75 Å². The number of hydrogen-bond donors (Lipinski definition) is 2. The number of aromatic nitrogens is 4. The zero-order valence-electron chi connectivity index (χ0n) is 17.2. The number of halogens is 3. The van der Waals surface area contributed by atoms with Crippen LogP contribution >= 0.6 is 11.6 Å². The number of amides is 1. The van der Waals surface area contributed by atoms with Crippen molar-refractivity contribution in [2.24, 2.45) is 0 Å². The van der Waals surface area contributed by atoms with Crippen LogP contribution in [-0.2, 0) is 6.61 Å². The van der Waals surface area contributed by atoms with Crippen LogP contribution in [0.25, 0.3) is 22.4 Å². The molecular formula is C23H14ClF2N5O3. The number of hydrogen-bond acceptors (Lipinski definition) is 6. The number of furan rings is 1. The Morgan fingerprint density at radius 2 is 1.94 bits per heavy atom. The molecule has 8 nitrogen and oxygen atoms in total. The third-order valence-electron chi connectivity index (χ3n) is 5.05. The van der Waals surface area contributed by atoms with Crippen LogP contribution in [0.3, 0.4) is 0 Å². The van der Waals surface area contributed by atoms with Gasteiger partial charge in [-0.15, -0.1) is 5.10 Å². The van der Waals surface area contributed by atoms with Gasteiger partial charge in [0.2, 0.25) is 0 Å². The van der Waals surface area contributed by atoms with E-state index in [0.29, 0.717) is 28.0 Å². The highest BCUT2D eigenvalue weighted by atomic mass is 35.5. The first-order valence-electron chi connectivity index (χ1n) is 9.91. The molecule has 1 amide bonds. The Bertz CT molecular complexity index is 1490. The quantitative estimate of drug-likeness (QED) is 0.337. The molecule has 0 bridgehead atoms. The molecule has 0 aliphatic rings. The summed E-state index contributed by atoms with van der Waals surface area (Å²) >= 11 is 5.93. The highest BCUT2D eigenvalue weighted by Crippen LogP contribution is 2.29. The van der Waals surface area contributed by atoms with Gasteiger partial charge in [-0.25, -0.2) is 13.9 Å². The topological polar surface area (TPSA) is 106 Å². The number of carbonyl (C=O) groups excluding carboxylic acids is 1. The number of benzene rings is 3. The molecule has 0 fully saturated rings. The summed E-state index contributed by atoms with van der Waals surface area (Å²) in [5.74, 6) is -0.958. The van der Waals surface area contributed by atoms with Gasteiger partial charge in [-0.3, -0.25) is 4.79 Å². The molecule has 0 radical (unpaired) electrons. The first kappa shape index (κ1) is 21.5. The van der Waals surface area contributed by atoms with Crippen LogP contribution in [0.4, 0.5) is 14.5 Å². The molecule has 170 valence electrons.